The lowest BCUT2D eigenvalue weighted by Gasteiger charge is -2.19. The molecule has 32 heavy (non-hydrogen) atoms. The van der Waals surface area contributed by atoms with Gasteiger partial charge in [-0.1, -0.05) is 0 Å². The summed E-state index contributed by atoms with van der Waals surface area (Å²) in [6, 6.07) is 0. The predicted octanol–water partition coefficient (Wildman–Crippen LogP) is -2.97. The highest BCUT2D eigenvalue weighted by Gasteiger charge is 2.47. The lowest BCUT2D eigenvalue weighted by atomic mass is 10.0. The normalized spacial score (nSPS) is 27.7. The molecule has 6 atom stereocenters. The van der Waals surface area contributed by atoms with Crippen LogP contribution in [-0.4, -0.2) is 76.0 Å². The molecule has 0 radical (unpaired) electrons. The number of H-pyrrole nitrogens is 1. The minimum atomic E-state index is -5.76. The Morgan fingerprint density at radius 2 is 1.66 bits per heavy atom. The van der Waals surface area contributed by atoms with E-state index in [2.05, 4.69) is 13.1 Å². The van der Waals surface area contributed by atoms with Gasteiger partial charge in [0, 0.05) is 6.20 Å². The summed E-state index contributed by atoms with van der Waals surface area (Å²) in [6.07, 6.45) is -5.84. The second-order valence-electron chi connectivity index (χ2n) is 6.22. The molecule has 4 unspecified atom stereocenters. The molecule has 1 aromatic rings. The average molecular weight is 528 g/mol. The Bertz CT molecular complexity index is 1080. The highest BCUT2D eigenvalue weighted by Crippen LogP contribution is 2.66. The molecule has 0 aromatic carbocycles. The molecular formula is C11H19N2O16P3. The van der Waals surface area contributed by atoms with Gasteiger partial charge in [0.15, 0.2) is 0 Å². The molecule has 21 heteroatoms. The van der Waals surface area contributed by atoms with E-state index in [9.17, 15) is 38.4 Å². The maximum absolute atomic E-state index is 12.1. The Hall–Kier alpha value is -1.07. The van der Waals surface area contributed by atoms with Gasteiger partial charge in [-0.15, -0.1) is 0 Å². The predicted molar refractivity (Wildman–Crippen MR) is 97.9 cm³/mol. The Labute approximate surface area is 177 Å². The van der Waals surface area contributed by atoms with Gasteiger partial charge >= 0.3 is 29.2 Å². The van der Waals surface area contributed by atoms with Crippen LogP contribution in [0.1, 0.15) is 11.7 Å². The number of aliphatic hydroxyl groups is 3. The summed E-state index contributed by atoms with van der Waals surface area (Å²) in [4.78, 5) is 61.1. The van der Waals surface area contributed by atoms with Crippen LogP contribution in [0.5, 0.6) is 0 Å². The van der Waals surface area contributed by atoms with Crippen molar-refractivity contribution in [3.63, 3.8) is 0 Å². The van der Waals surface area contributed by atoms with Crippen LogP contribution in [0.15, 0.2) is 15.8 Å². The fraction of sp³-hybridized carbons (Fsp3) is 0.636. The van der Waals surface area contributed by atoms with E-state index in [0.717, 1.165) is 10.8 Å². The maximum atomic E-state index is 12.1. The molecule has 0 saturated carbocycles. The summed E-state index contributed by atoms with van der Waals surface area (Å²) >= 11 is 0. The third kappa shape index (κ3) is 7.21. The molecule has 1 aromatic heterocycles. The van der Waals surface area contributed by atoms with Crippen LogP contribution in [0.25, 0.3) is 0 Å². The molecule has 1 aliphatic heterocycles. The van der Waals surface area contributed by atoms with Crippen molar-refractivity contribution in [1.82, 2.24) is 9.55 Å². The summed E-state index contributed by atoms with van der Waals surface area (Å²) in [5.41, 5.74) is -2.20. The Morgan fingerprint density at radius 1 is 1.03 bits per heavy atom. The van der Waals surface area contributed by atoms with Crippen molar-refractivity contribution in [2.45, 2.75) is 31.0 Å². The average Bonchev–Trinajstić information content (AvgIpc) is 2.87. The third-order valence-corrected chi connectivity index (χ3v) is 7.67. The number of aliphatic hydroxyl groups excluding tert-OH is 3. The smallest absolute Gasteiger partial charge is 0.395 e. The van der Waals surface area contributed by atoms with Crippen LogP contribution in [-0.2, 0) is 38.1 Å². The molecule has 1 saturated heterocycles. The van der Waals surface area contributed by atoms with Crippen LogP contribution in [0.4, 0.5) is 0 Å². The van der Waals surface area contributed by atoms with Crippen LogP contribution >= 0.6 is 23.5 Å². The van der Waals surface area contributed by atoms with Crippen molar-refractivity contribution in [1.29, 1.82) is 0 Å². The SMILES string of the molecule is O=c1[nH]c(=O)n(CCO)cc1[C@@H]1O[C@H](COP(=O)(O)OP(=O)(O)OP(=O)(O)O)C(O)C1O. The number of ether oxygens (including phenoxy) is 1. The van der Waals surface area contributed by atoms with Crippen molar-refractivity contribution in [2.24, 2.45) is 0 Å². The van der Waals surface area contributed by atoms with Crippen LogP contribution in [0.3, 0.4) is 0 Å². The van der Waals surface area contributed by atoms with E-state index in [0.29, 0.717) is 0 Å². The molecule has 18 nitrogen and oxygen atoms in total. The van der Waals surface area contributed by atoms with Gasteiger partial charge in [0.05, 0.1) is 25.3 Å². The highest BCUT2D eigenvalue weighted by atomic mass is 31.3. The third-order valence-electron chi connectivity index (χ3n) is 3.87. The molecule has 184 valence electrons. The number of aromatic nitrogens is 2. The van der Waals surface area contributed by atoms with E-state index in [4.69, 9.17) is 24.5 Å². The number of nitrogens with zero attached hydrogens (tertiary/aromatic N) is 1. The van der Waals surface area contributed by atoms with Crippen molar-refractivity contribution in [3.8, 4) is 0 Å². The topological polar surface area (TPSA) is 285 Å². The molecule has 8 N–H and O–H groups in total. The quantitative estimate of drug-likeness (QED) is 0.141. The first-order valence-electron chi connectivity index (χ1n) is 8.30. The Kier molecular flexibility index (Phi) is 8.53. The number of phosphoric ester groups is 1. The minimum absolute atomic E-state index is 0.219. The molecule has 0 aliphatic carbocycles. The number of hydrogen-bond acceptors (Lipinski definition) is 12. The van der Waals surface area contributed by atoms with Gasteiger partial charge in [-0.05, 0) is 0 Å². The van der Waals surface area contributed by atoms with Crippen molar-refractivity contribution in [2.75, 3.05) is 13.2 Å². The Morgan fingerprint density at radius 3 is 2.22 bits per heavy atom. The van der Waals surface area contributed by atoms with Crippen LogP contribution < -0.4 is 11.2 Å². The highest BCUT2D eigenvalue weighted by molar-refractivity contribution is 7.66. The lowest BCUT2D eigenvalue weighted by molar-refractivity contribution is -0.0228. The Balaban J connectivity index is 2.13. The first kappa shape index (κ1) is 27.2. The molecule has 0 bridgehead atoms. The number of phosphoric acid groups is 3. The molecule has 2 heterocycles. The number of nitrogens with one attached hydrogen (secondary N) is 1. The lowest BCUT2D eigenvalue weighted by Crippen LogP contribution is -2.36. The molecule has 2 rings (SSSR count). The van der Waals surface area contributed by atoms with Gasteiger partial charge in [-0.2, -0.15) is 8.62 Å². The summed E-state index contributed by atoms with van der Waals surface area (Å²) in [6.45, 7) is -1.76. The monoisotopic (exact) mass is 528 g/mol. The fourth-order valence-electron chi connectivity index (χ4n) is 2.62. The summed E-state index contributed by atoms with van der Waals surface area (Å²) in [5, 5.41) is 29.2. The fourth-order valence-corrected chi connectivity index (χ4v) is 5.65. The van der Waals surface area contributed by atoms with E-state index >= 15 is 0 Å². The number of aromatic amines is 1. The van der Waals surface area contributed by atoms with Gasteiger partial charge in [-0.3, -0.25) is 18.9 Å². The maximum Gasteiger partial charge on any atom is 0.490 e. The molecule has 0 amide bonds. The number of hydrogen-bond donors (Lipinski definition) is 8. The second kappa shape index (κ2) is 10.0. The van der Waals surface area contributed by atoms with Crippen LogP contribution in [0, 0.1) is 0 Å². The van der Waals surface area contributed by atoms with Gasteiger partial charge in [0.1, 0.15) is 24.4 Å². The van der Waals surface area contributed by atoms with E-state index in [1.165, 1.54) is 0 Å². The minimum Gasteiger partial charge on any atom is -0.395 e. The van der Waals surface area contributed by atoms with Gasteiger partial charge in [0.25, 0.3) is 5.56 Å². The van der Waals surface area contributed by atoms with E-state index < -0.39 is 72.3 Å². The van der Waals surface area contributed by atoms with Gasteiger partial charge in [-0.25, -0.2) is 18.5 Å². The summed E-state index contributed by atoms with van der Waals surface area (Å²) < 4.78 is 51.1. The first-order chi connectivity index (χ1) is 14.6. The van der Waals surface area contributed by atoms with Crippen molar-refractivity contribution in [3.05, 3.63) is 32.6 Å². The van der Waals surface area contributed by atoms with Crippen molar-refractivity contribution < 1.29 is 66.5 Å². The first-order valence-corrected chi connectivity index (χ1v) is 12.8. The molecule has 1 fully saturated rings. The van der Waals surface area contributed by atoms with E-state index in [1.807, 2.05) is 4.98 Å². The molecule has 0 spiro atoms. The zero-order valence-corrected chi connectivity index (χ0v) is 18.3. The summed E-state index contributed by atoms with van der Waals surface area (Å²) in [5.74, 6) is 0. The molecule has 1 aliphatic rings. The van der Waals surface area contributed by atoms with Gasteiger partial charge < -0.3 is 39.6 Å². The van der Waals surface area contributed by atoms with Gasteiger partial charge in [0.2, 0.25) is 0 Å². The van der Waals surface area contributed by atoms with E-state index in [-0.39, 0.29) is 12.1 Å². The number of rotatable bonds is 10. The van der Waals surface area contributed by atoms with Crippen molar-refractivity contribution >= 4 is 23.5 Å². The largest absolute Gasteiger partial charge is 0.490 e. The zero-order valence-electron chi connectivity index (χ0n) is 15.6. The molecular weight excluding hydrogens is 509 g/mol. The van der Waals surface area contributed by atoms with Crippen LogP contribution in [0.2, 0.25) is 0 Å². The second-order valence-corrected chi connectivity index (χ2v) is 10.6. The van der Waals surface area contributed by atoms with E-state index in [1.54, 1.807) is 0 Å². The zero-order chi connectivity index (χ0) is 24.5. The summed E-state index contributed by atoms with van der Waals surface area (Å²) in [7, 11) is -16.9. The standard InChI is InChI=1S/C11H19N2O16P3/c14-2-1-13-3-5(10(17)12-11(13)18)9-8(16)7(15)6(27-9)4-26-31(22,23)29-32(24,25)28-30(19,20)21/h3,6-9,14-16H,1-2,4H2,(H,22,23)(H,24,25)(H,12,17,18)(H2,19,20,21)/t6-,7?,8?,9+/m1/s1.